The third-order valence-electron chi connectivity index (χ3n) is 3.49. The summed E-state index contributed by atoms with van der Waals surface area (Å²) in [6.45, 7) is 1.37. The number of nitrogens with one attached hydrogen (secondary N) is 1. The van der Waals surface area contributed by atoms with E-state index in [0.29, 0.717) is 18.8 Å². The van der Waals surface area contributed by atoms with Crippen LogP contribution in [0.3, 0.4) is 0 Å². The van der Waals surface area contributed by atoms with Gasteiger partial charge in [-0.2, -0.15) is 0 Å². The molecule has 2 aliphatic heterocycles. The van der Waals surface area contributed by atoms with Gasteiger partial charge in [0.15, 0.2) is 0 Å². The number of carbonyl (C=O) groups excluding carboxylic acids is 1. The van der Waals surface area contributed by atoms with Crippen molar-refractivity contribution in [2.75, 3.05) is 32.9 Å². The molecular formula is C11H19N3O3S. The average molecular weight is 273 g/mol. The maximum absolute atomic E-state index is 11.8. The zero-order chi connectivity index (χ0) is 13.3. The molecular weight excluding hydrogens is 254 g/mol. The lowest BCUT2D eigenvalue weighted by atomic mass is 10.0. The van der Waals surface area contributed by atoms with E-state index in [1.165, 1.54) is 0 Å². The van der Waals surface area contributed by atoms with Crippen LogP contribution in [0.1, 0.15) is 12.8 Å². The van der Waals surface area contributed by atoms with Crippen LogP contribution in [0.2, 0.25) is 0 Å². The first kappa shape index (κ1) is 13.5. The van der Waals surface area contributed by atoms with Crippen LogP contribution >= 0.6 is 11.8 Å². The van der Waals surface area contributed by atoms with E-state index >= 15 is 0 Å². The lowest BCUT2D eigenvalue weighted by molar-refractivity contribution is -0.139. The van der Waals surface area contributed by atoms with Gasteiger partial charge in [0, 0.05) is 32.9 Å². The van der Waals surface area contributed by atoms with Gasteiger partial charge in [-0.05, 0) is 12.8 Å². The van der Waals surface area contributed by atoms with Crippen molar-refractivity contribution < 1.29 is 14.7 Å². The van der Waals surface area contributed by atoms with Gasteiger partial charge in [-0.25, -0.2) is 4.79 Å². The molecule has 2 aliphatic rings. The first-order valence-corrected chi connectivity index (χ1v) is 7.03. The summed E-state index contributed by atoms with van der Waals surface area (Å²) >= 11 is 1.68. The minimum atomic E-state index is -0.786. The molecule has 1 spiro atoms. The average Bonchev–Trinajstić information content (AvgIpc) is 2.74. The maximum Gasteiger partial charge on any atom is 0.321 e. The highest BCUT2D eigenvalue weighted by Crippen LogP contribution is 2.39. The summed E-state index contributed by atoms with van der Waals surface area (Å²) in [7, 11) is 3.49. The number of hydrogen-bond acceptors (Lipinski definition) is 4. The molecule has 2 rings (SSSR count). The van der Waals surface area contributed by atoms with Crippen LogP contribution in [0, 0.1) is 0 Å². The predicted octanol–water partition coefficient (Wildman–Crippen LogP) is 0.250. The number of carbonyl (C=O) groups is 2. The van der Waals surface area contributed by atoms with Gasteiger partial charge >= 0.3 is 12.0 Å². The molecule has 6 nitrogen and oxygen atoms in total. The van der Waals surface area contributed by atoms with E-state index < -0.39 is 12.0 Å². The topological polar surface area (TPSA) is 72.9 Å². The molecule has 1 unspecified atom stereocenters. The number of likely N-dealkylation sites (tertiary alicyclic amines) is 1. The van der Waals surface area contributed by atoms with E-state index in [2.05, 4.69) is 5.32 Å². The van der Waals surface area contributed by atoms with Gasteiger partial charge in [0.1, 0.15) is 6.04 Å². The van der Waals surface area contributed by atoms with Crippen LogP contribution in [0.15, 0.2) is 0 Å². The minimum Gasteiger partial charge on any atom is -0.480 e. The fourth-order valence-corrected chi connectivity index (χ4v) is 3.82. The fourth-order valence-electron chi connectivity index (χ4n) is 2.41. The molecule has 102 valence electrons. The molecule has 0 aromatic heterocycles. The van der Waals surface area contributed by atoms with Crippen LogP contribution < -0.4 is 5.32 Å². The van der Waals surface area contributed by atoms with E-state index in [-0.39, 0.29) is 10.9 Å². The van der Waals surface area contributed by atoms with Gasteiger partial charge in [0.25, 0.3) is 0 Å². The molecule has 0 aromatic rings. The SMILES string of the molecule is CN(C)C(=O)N1CCC2(CC1)NC(C(=O)O)CS2. The van der Waals surface area contributed by atoms with Crippen LogP contribution in [-0.2, 0) is 4.79 Å². The number of hydrogen-bond donors (Lipinski definition) is 2. The van der Waals surface area contributed by atoms with Crippen LogP contribution in [-0.4, -0.2) is 70.8 Å². The van der Waals surface area contributed by atoms with E-state index in [9.17, 15) is 9.59 Å². The van der Waals surface area contributed by atoms with Crippen molar-refractivity contribution in [1.29, 1.82) is 0 Å². The number of aliphatic carboxylic acids is 1. The minimum absolute atomic E-state index is 0.0302. The fraction of sp³-hybridized carbons (Fsp3) is 0.818. The monoisotopic (exact) mass is 273 g/mol. The Kier molecular flexibility index (Phi) is 3.72. The Morgan fingerprint density at radius 3 is 2.44 bits per heavy atom. The molecule has 7 heteroatoms. The predicted molar refractivity (Wildman–Crippen MR) is 69.6 cm³/mol. The number of nitrogens with zero attached hydrogens (tertiary/aromatic N) is 2. The Morgan fingerprint density at radius 2 is 2.00 bits per heavy atom. The summed E-state index contributed by atoms with van der Waals surface area (Å²) in [5.74, 6) is -0.178. The summed E-state index contributed by atoms with van der Waals surface area (Å²) in [4.78, 5) is 26.0. The molecule has 0 aliphatic carbocycles. The zero-order valence-corrected chi connectivity index (χ0v) is 11.5. The van der Waals surface area contributed by atoms with Gasteiger partial charge in [0.05, 0.1) is 4.87 Å². The molecule has 0 bridgehead atoms. The van der Waals surface area contributed by atoms with E-state index in [1.807, 2.05) is 4.90 Å². The molecule has 2 amide bonds. The van der Waals surface area contributed by atoms with Gasteiger partial charge in [-0.15, -0.1) is 11.8 Å². The first-order chi connectivity index (χ1) is 8.43. The Morgan fingerprint density at radius 1 is 1.39 bits per heavy atom. The van der Waals surface area contributed by atoms with E-state index in [4.69, 9.17) is 5.11 Å². The first-order valence-electron chi connectivity index (χ1n) is 6.04. The Balaban J connectivity index is 1.91. The third-order valence-corrected chi connectivity index (χ3v) is 5.06. The molecule has 2 N–H and O–H groups in total. The highest BCUT2D eigenvalue weighted by molar-refractivity contribution is 8.01. The molecule has 2 saturated heterocycles. The van der Waals surface area contributed by atoms with Crippen LogP contribution in [0.25, 0.3) is 0 Å². The number of carboxylic acids is 1. The van der Waals surface area contributed by atoms with Crippen molar-refractivity contribution in [1.82, 2.24) is 15.1 Å². The van der Waals surface area contributed by atoms with E-state index in [1.54, 1.807) is 30.8 Å². The van der Waals surface area contributed by atoms with Gasteiger partial charge in [-0.3, -0.25) is 10.1 Å². The standard InChI is InChI=1S/C11H19N3O3S/c1-13(2)10(17)14-5-3-11(4-6-14)12-8(7-18-11)9(15)16/h8,12H,3-7H2,1-2H3,(H,15,16). The van der Waals surface area contributed by atoms with Crippen molar-refractivity contribution in [3.05, 3.63) is 0 Å². The lowest BCUT2D eigenvalue weighted by Gasteiger charge is -2.39. The number of piperidine rings is 1. The highest BCUT2D eigenvalue weighted by atomic mass is 32.2. The van der Waals surface area contributed by atoms with Crippen molar-refractivity contribution in [2.45, 2.75) is 23.8 Å². The molecule has 2 heterocycles. The quantitative estimate of drug-likeness (QED) is 0.716. The second kappa shape index (κ2) is 4.97. The Labute approximate surface area is 111 Å². The van der Waals surface area contributed by atoms with Crippen molar-refractivity contribution in [2.24, 2.45) is 0 Å². The van der Waals surface area contributed by atoms with Gasteiger partial charge in [-0.1, -0.05) is 0 Å². The number of amides is 2. The summed E-state index contributed by atoms with van der Waals surface area (Å²) in [6, 6.07) is -0.422. The highest BCUT2D eigenvalue weighted by Gasteiger charge is 2.44. The normalized spacial score (nSPS) is 26.3. The number of thioether (sulfide) groups is 1. The van der Waals surface area contributed by atoms with Gasteiger partial charge in [0.2, 0.25) is 0 Å². The molecule has 0 aromatic carbocycles. The summed E-state index contributed by atoms with van der Waals surface area (Å²) < 4.78 is 0. The van der Waals surface area contributed by atoms with E-state index in [0.717, 1.165) is 12.8 Å². The Hall–Kier alpha value is -0.950. The molecule has 1 atom stereocenters. The summed E-state index contributed by atoms with van der Waals surface area (Å²) in [5.41, 5.74) is 0. The van der Waals surface area contributed by atoms with Crippen molar-refractivity contribution in [3.8, 4) is 0 Å². The Bertz CT molecular complexity index is 353. The van der Waals surface area contributed by atoms with Crippen LogP contribution in [0.4, 0.5) is 4.79 Å². The second-order valence-corrected chi connectivity index (χ2v) is 6.41. The molecule has 18 heavy (non-hydrogen) atoms. The number of carboxylic acid groups (broad SMARTS) is 1. The molecule has 0 radical (unpaired) electrons. The van der Waals surface area contributed by atoms with Gasteiger partial charge < -0.3 is 14.9 Å². The van der Waals surface area contributed by atoms with Crippen molar-refractivity contribution in [3.63, 3.8) is 0 Å². The third kappa shape index (κ3) is 2.56. The summed E-state index contributed by atoms with van der Waals surface area (Å²) in [5, 5.41) is 12.2. The zero-order valence-electron chi connectivity index (χ0n) is 10.7. The molecule has 2 fully saturated rings. The second-order valence-electron chi connectivity index (χ2n) is 5.00. The largest absolute Gasteiger partial charge is 0.480 e. The maximum atomic E-state index is 11.8. The molecule has 0 saturated carbocycles. The number of urea groups is 1. The lowest BCUT2D eigenvalue weighted by Crippen LogP contribution is -2.54. The summed E-state index contributed by atoms with van der Waals surface area (Å²) in [6.07, 6.45) is 1.61. The number of rotatable bonds is 1. The van der Waals surface area contributed by atoms with Crippen LogP contribution in [0.5, 0.6) is 0 Å². The smallest absolute Gasteiger partial charge is 0.321 e. The van der Waals surface area contributed by atoms with Crippen molar-refractivity contribution >= 4 is 23.8 Å².